The number of ether oxygens (including phenoxy) is 1. The molecule has 2 heterocycles. The quantitative estimate of drug-likeness (QED) is 0.915. The minimum Gasteiger partial charge on any atom is -0.478 e. The number of hydrogen-bond acceptors (Lipinski definition) is 4. The van der Waals surface area contributed by atoms with Gasteiger partial charge in [0.15, 0.2) is 0 Å². The number of aryl methyl sites for hydroxylation is 2. The van der Waals surface area contributed by atoms with Gasteiger partial charge in [0.05, 0.1) is 11.4 Å². The molecule has 0 unspecified atom stereocenters. The molecule has 1 aliphatic heterocycles. The fourth-order valence-electron chi connectivity index (χ4n) is 2.79. The predicted octanol–water partition coefficient (Wildman–Crippen LogP) is 2.26. The molecule has 1 aliphatic rings. The van der Waals surface area contributed by atoms with E-state index in [-0.39, 0.29) is 0 Å². The fourth-order valence-corrected chi connectivity index (χ4v) is 2.79. The Hall–Kier alpha value is -1.62. The smallest absolute Gasteiger partial charge is 0.339 e. The van der Waals surface area contributed by atoms with Crippen LogP contribution >= 0.6 is 0 Å². The normalized spacial score (nSPS) is 16.1. The molecule has 0 bridgehead atoms. The predicted molar refractivity (Wildman–Crippen MR) is 77.5 cm³/mol. The highest BCUT2D eigenvalue weighted by molar-refractivity contribution is 5.95. The molecule has 110 valence electrons. The molecule has 1 fully saturated rings. The number of carboxylic acids is 1. The van der Waals surface area contributed by atoms with E-state index >= 15 is 0 Å². The van der Waals surface area contributed by atoms with Crippen LogP contribution in [-0.2, 0) is 4.74 Å². The number of carbonyl (C=O) groups is 1. The number of hydrogen-bond donors (Lipinski definition) is 1. The Bertz CT molecular complexity index is 496. The highest BCUT2D eigenvalue weighted by Gasteiger charge is 2.21. The second-order valence-corrected chi connectivity index (χ2v) is 5.48. The summed E-state index contributed by atoms with van der Waals surface area (Å²) in [5, 5.41) is 9.41. The van der Waals surface area contributed by atoms with Gasteiger partial charge in [0.25, 0.3) is 0 Å². The van der Waals surface area contributed by atoms with Crippen LogP contribution in [-0.4, -0.2) is 42.9 Å². The summed E-state index contributed by atoms with van der Waals surface area (Å²) in [5.74, 6) is -0.354. The van der Waals surface area contributed by atoms with Crippen LogP contribution in [0.25, 0.3) is 0 Å². The summed E-state index contributed by atoms with van der Waals surface area (Å²) < 4.78 is 5.36. The van der Waals surface area contributed by atoms with Crippen molar-refractivity contribution in [1.29, 1.82) is 0 Å². The van der Waals surface area contributed by atoms with Crippen molar-refractivity contribution in [2.24, 2.45) is 5.92 Å². The van der Waals surface area contributed by atoms with Crippen molar-refractivity contribution >= 4 is 11.7 Å². The molecule has 20 heavy (non-hydrogen) atoms. The van der Waals surface area contributed by atoms with Crippen LogP contribution < -0.4 is 4.90 Å². The highest BCUT2D eigenvalue weighted by atomic mass is 16.5. The zero-order valence-corrected chi connectivity index (χ0v) is 12.3. The van der Waals surface area contributed by atoms with Gasteiger partial charge in [-0.2, -0.15) is 0 Å². The summed E-state index contributed by atoms with van der Waals surface area (Å²) in [6, 6.07) is 1.86. The zero-order chi connectivity index (χ0) is 14.7. The van der Waals surface area contributed by atoms with Crippen LogP contribution in [0.2, 0.25) is 0 Å². The third-order valence-electron chi connectivity index (χ3n) is 3.81. The Labute approximate surface area is 119 Å². The Morgan fingerprint density at radius 1 is 1.45 bits per heavy atom. The molecule has 5 heteroatoms. The minimum absolute atomic E-state index is 0.310. The van der Waals surface area contributed by atoms with E-state index in [1.807, 2.05) is 24.9 Å². The average molecular weight is 278 g/mol. The van der Waals surface area contributed by atoms with E-state index in [0.29, 0.717) is 17.2 Å². The lowest BCUT2D eigenvalue weighted by Gasteiger charge is -2.29. The lowest BCUT2D eigenvalue weighted by atomic mass is 9.99. The molecule has 1 aromatic heterocycles. The molecular formula is C15H22N2O3. The van der Waals surface area contributed by atoms with Gasteiger partial charge >= 0.3 is 5.97 Å². The monoisotopic (exact) mass is 278 g/mol. The zero-order valence-electron chi connectivity index (χ0n) is 12.3. The maximum atomic E-state index is 11.5. The van der Waals surface area contributed by atoms with Gasteiger partial charge in [-0.15, -0.1) is 0 Å². The summed E-state index contributed by atoms with van der Waals surface area (Å²) in [4.78, 5) is 17.8. The van der Waals surface area contributed by atoms with E-state index in [2.05, 4.69) is 4.98 Å². The van der Waals surface area contributed by atoms with Crippen LogP contribution in [0.1, 0.15) is 34.6 Å². The van der Waals surface area contributed by atoms with Crippen molar-refractivity contribution in [3.05, 3.63) is 23.0 Å². The standard InChI is InChI=1S/C15H22N2O3/c1-10-8-13(14(15(18)19)11(2)16-10)17(3)9-12-4-6-20-7-5-12/h8,12H,4-7,9H2,1-3H3,(H,18,19). The van der Waals surface area contributed by atoms with Crippen molar-refractivity contribution < 1.29 is 14.6 Å². The van der Waals surface area contributed by atoms with E-state index < -0.39 is 5.97 Å². The van der Waals surface area contributed by atoms with Gasteiger partial charge in [-0.1, -0.05) is 0 Å². The molecule has 0 aromatic carbocycles. The summed E-state index contributed by atoms with van der Waals surface area (Å²) in [6.45, 7) is 6.11. The molecule has 2 rings (SSSR count). The lowest BCUT2D eigenvalue weighted by molar-refractivity contribution is 0.0677. The van der Waals surface area contributed by atoms with Gasteiger partial charge in [0.2, 0.25) is 0 Å². The number of nitrogens with zero attached hydrogens (tertiary/aromatic N) is 2. The molecule has 1 N–H and O–H groups in total. The first-order valence-corrected chi connectivity index (χ1v) is 6.99. The SMILES string of the molecule is Cc1cc(N(C)CC2CCOCC2)c(C(=O)O)c(C)n1. The maximum Gasteiger partial charge on any atom is 0.339 e. The van der Waals surface area contributed by atoms with E-state index in [0.717, 1.165) is 44.0 Å². The van der Waals surface area contributed by atoms with Crippen molar-refractivity contribution in [2.45, 2.75) is 26.7 Å². The third-order valence-corrected chi connectivity index (χ3v) is 3.81. The first kappa shape index (κ1) is 14.8. The number of anilines is 1. The van der Waals surface area contributed by atoms with E-state index in [1.165, 1.54) is 0 Å². The average Bonchev–Trinajstić information content (AvgIpc) is 2.38. The van der Waals surface area contributed by atoms with Crippen molar-refractivity contribution in [3.8, 4) is 0 Å². The van der Waals surface area contributed by atoms with Gasteiger partial charge in [-0.3, -0.25) is 4.98 Å². The van der Waals surface area contributed by atoms with Gasteiger partial charge in [-0.25, -0.2) is 4.79 Å². The molecule has 0 atom stereocenters. The Kier molecular flexibility index (Phi) is 4.60. The minimum atomic E-state index is -0.913. The van der Waals surface area contributed by atoms with Crippen LogP contribution in [0.4, 0.5) is 5.69 Å². The molecule has 1 saturated heterocycles. The van der Waals surface area contributed by atoms with Crippen LogP contribution in [0.3, 0.4) is 0 Å². The maximum absolute atomic E-state index is 11.5. The second kappa shape index (κ2) is 6.22. The summed E-state index contributed by atoms with van der Waals surface area (Å²) in [6.07, 6.45) is 2.07. The molecule has 1 aromatic rings. The number of rotatable bonds is 4. The molecule has 0 amide bonds. The third kappa shape index (κ3) is 3.28. The fraction of sp³-hybridized carbons (Fsp3) is 0.600. The van der Waals surface area contributed by atoms with E-state index in [1.54, 1.807) is 6.92 Å². The number of aromatic nitrogens is 1. The van der Waals surface area contributed by atoms with Gasteiger partial charge in [0.1, 0.15) is 5.56 Å². The number of pyridine rings is 1. The Morgan fingerprint density at radius 3 is 2.70 bits per heavy atom. The first-order chi connectivity index (χ1) is 9.49. The van der Waals surface area contributed by atoms with Crippen molar-refractivity contribution in [2.75, 3.05) is 31.7 Å². The largest absolute Gasteiger partial charge is 0.478 e. The summed E-state index contributed by atoms with van der Waals surface area (Å²) in [5.41, 5.74) is 2.49. The van der Waals surface area contributed by atoms with Gasteiger partial charge in [-0.05, 0) is 38.7 Å². The van der Waals surface area contributed by atoms with E-state index in [4.69, 9.17) is 4.74 Å². The second-order valence-electron chi connectivity index (χ2n) is 5.48. The van der Waals surface area contributed by atoms with Crippen LogP contribution in [0.5, 0.6) is 0 Å². The van der Waals surface area contributed by atoms with Gasteiger partial charge < -0.3 is 14.7 Å². The molecule has 5 nitrogen and oxygen atoms in total. The molecule has 0 spiro atoms. The highest BCUT2D eigenvalue weighted by Crippen LogP contribution is 2.25. The van der Waals surface area contributed by atoms with Crippen LogP contribution in [0.15, 0.2) is 6.07 Å². The van der Waals surface area contributed by atoms with Crippen LogP contribution in [0, 0.1) is 19.8 Å². The number of carboxylic acid groups (broad SMARTS) is 1. The molecular weight excluding hydrogens is 256 g/mol. The summed E-state index contributed by atoms with van der Waals surface area (Å²) in [7, 11) is 1.95. The topological polar surface area (TPSA) is 62.7 Å². The van der Waals surface area contributed by atoms with E-state index in [9.17, 15) is 9.90 Å². The summed E-state index contributed by atoms with van der Waals surface area (Å²) >= 11 is 0. The lowest BCUT2D eigenvalue weighted by Crippen LogP contribution is -2.31. The Morgan fingerprint density at radius 2 is 2.10 bits per heavy atom. The van der Waals surface area contributed by atoms with Crippen molar-refractivity contribution in [1.82, 2.24) is 4.98 Å². The van der Waals surface area contributed by atoms with Gasteiger partial charge in [0, 0.05) is 32.5 Å². The first-order valence-electron chi connectivity index (χ1n) is 6.99. The molecule has 0 aliphatic carbocycles. The molecule has 0 saturated carbocycles. The molecule has 0 radical (unpaired) electrons. The number of aromatic carboxylic acids is 1. The Balaban J connectivity index is 2.23. The van der Waals surface area contributed by atoms with Crippen molar-refractivity contribution in [3.63, 3.8) is 0 Å².